The van der Waals surface area contributed by atoms with Crippen LogP contribution in [0.15, 0.2) is 54.6 Å². The standard InChI is InChI=1S/C20H24N2O/c1-15(21)17-10-7-13-22(14-17)20(23)19-12-6-5-11-18(19)16-8-3-2-4-9-16/h2-6,8-9,11-12,15,17H,7,10,13-14,21H2,1H3. The molecule has 0 saturated carbocycles. The zero-order valence-electron chi connectivity index (χ0n) is 13.6. The Balaban J connectivity index is 1.88. The highest BCUT2D eigenvalue weighted by molar-refractivity contribution is 6.00. The maximum atomic E-state index is 13.0. The van der Waals surface area contributed by atoms with Crippen molar-refractivity contribution < 1.29 is 4.79 Å². The molecule has 120 valence electrons. The molecule has 0 aliphatic carbocycles. The van der Waals surface area contributed by atoms with E-state index in [1.807, 2.05) is 66.4 Å². The predicted octanol–water partition coefficient (Wildman–Crippen LogP) is 3.55. The molecule has 0 radical (unpaired) electrons. The van der Waals surface area contributed by atoms with E-state index in [1.54, 1.807) is 0 Å². The van der Waals surface area contributed by atoms with E-state index in [1.165, 1.54) is 0 Å². The lowest BCUT2D eigenvalue weighted by Crippen LogP contribution is -2.45. The highest BCUT2D eigenvalue weighted by Gasteiger charge is 2.27. The molecule has 1 saturated heterocycles. The van der Waals surface area contributed by atoms with Crippen molar-refractivity contribution in [2.45, 2.75) is 25.8 Å². The van der Waals surface area contributed by atoms with Gasteiger partial charge in [-0.05, 0) is 42.9 Å². The molecule has 0 spiro atoms. The third kappa shape index (κ3) is 3.45. The van der Waals surface area contributed by atoms with Crippen LogP contribution in [-0.2, 0) is 0 Å². The van der Waals surface area contributed by atoms with E-state index in [0.29, 0.717) is 5.92 Å². The zero-order valence-corrected chi connectivity index (χ0v) is 13.6. The minimum Gasteiger partial charge on any atom is -0.338 e. The number of rotatable bonds is 3. The summed E-state index contributed by atoms with van der Waals surface area (Å²) in [6.07, 6.45) is 2.15. The first-order valence-corrected chi connectivity index (χ1v) is 8.36. The number of benzene rings is 2. The first-order chi connectivity index (χ1) is 11.2. The molecule has 1 heterocycles. The van der Waals surface area contributed by atoms with E-state index in [2.05, 4.69) is 0 Å². The Bertz CT molecular complexity index is 666. The Kier molecular flexibility index (Phi) is 4.77. The van der Waals surface area contributed by atoms with Gasteiger partial charge in [0.1, 0.15) is 0 Å². The maximum Gasteiger partial charge on any atom is 0.254 e. The first kappa shape index (κ1) is 15.8. The summed E-state index contributed by atoms with van der Waals surface area (Å²) < 4.78 is 0. The molecule has 2 aromatic carbocycles. The molecule has 23 heavy (non-hydrogen) atoms. The Morgan fingerprint density at radius 2 is 1.83 bits per heavy atom. The summed E-state index contributed by atoms with van der Waals surface area (Å²) in [7, 11) is 0. The normalized spacial score (nSPS) is 19.4. The van der Waals surface area contributed by atoms with Gasteiger partial charge in [-0.2, -0.15) is 0 Å². The Morgan fingerprint density at radius 3 is 2.57 bits per heavy atom. The number of hydrogen-bond acceptors (Lipinski definition) is 2. The van der Waals surface area contributed by atoms with Crippen LogP contribution < -0.4 is 5.73 Å². The molecule has 1 aliphatic heterocycles. The maximum absolute atomic E-state index is 13.0. The van der Waals surface area contributed by atoms with Crippen molar-refractivity contribution in [1.29, 1.82) is 0 Å². The summed E-state index contributed by atoms with van der Waals surface area (Å²) in [6.45, 7) is 3.63. The zero-order chi connectivity index (χ0) is 16.2. The number of carbonyl (C=O) groups is 1. The number of nitrogens with zero attached hydrogens (tertiary/aromatic N) is 1. The van der Waals surface area contributed by atoms with Crippen LogP contribution in [-0.4, -0.2) is 29.9 Å². The Hall–Kier alpha value is -2.13. The van der Waals surface area contributed by atoms with Gasteiger partial charge in [0.2, 0.25) is 0 Å². The molecule has 2 unspecified atom stereocenters. The smallest absolute Gasteiger partial charge is 0.254 e. The molecule has 2 N–H and O–H groups in total. The lowest BCUT2D eigenvalue weighted by Gasteiger charge is -2.35. The second-order valence-electron chi connectivity index (χ2n) is 6.42. The van der Waals surface area contributed by atoms with Crippen molar-refractivity contribution in [3.05, 3.63) is 60.2 Å². The van der Waals surface area contributed by atoms with Crippen LogP contribution in [0, 0.1) is 5.92 Å². The molecule has 1 amide bonds. The molecule has 2 aromatic rings. The van der Waals surface area contributed by atoms with E-state index in [4.69, 9.17) is 5.73 Å². The van der Waals surface area contributed by atoms with E-state index in [0.717, 1.165) is 42.6 Å². The lowest BCUT2D eigenvalue weighted by molar-refractivity contribution is 0.0662. The molecule has 2 atom stereocenters. The van der Waals surface area contributed by atoms with Crippen molar-refractivity contribution in [2.75, 3.05) is 13.1 Å². The number of piperidine rings is 1. The summed E-state index contributed by atoms with van der Waals surface area (Å²) in [5.74, 6) is 0.520. The molecular formula is C20H24N2O. The summed E-state index contributed by atoms with van der Waals surface area (Å²) in [5.41, 5.74) is 8.91. The van der Waals surface area contributed by atoms with Gasteiger partial charge in [-0.15, -0.1) is 0 Å². The molecule has 1 aliphatic rings. The van der Waals surface area contributed by atoms with Gasteiger partial charge in [0.25, 0.3) is 5.91 Å². The van der Waals surface area contributed by atoms with E-state index >= 15 is 0 Å². The lowest BCUT2D eigenvalue weighted by atomic mass is 9.91. The number of amides is 1. The van der Waals surface area contributed by atoms with Gasteiger partial charge in [-0.3, -0.25) is 4.79 Å². The van der Waals surface area contributed by atoms with Crippen LogP contribution in [0.25, 0.3) is 11.1 Å². The van der Waals surface area contributed by atoms with Crippen LogP contribution in [0.4, 0.5) is 0 Å². The average molecular weight is 308 g/mol. The van der Waals surface area contributed by atoms with Gasteiger partial charge in [0.15, 0.2) is 0 Å². The van der Waals surface area contributed by atoms with Gasteiger partial charge in [0, 0.05) is 24.7 Å². The van der Waals surface area contributed by atoms with Gasteiger partial charge in [-0.25, -0.2) is 0 Å². The molecule has 0 aromatic heterocycles. The summed E-state index contributed by atoms with van der Waals surface area (Å²) in [5, 5.41) is 0. The van der Waals surface area contributed by atoms with E-state index in [9.17, 15) is 4.79 Å². The van der Waals surface area contributed by atoms with Crippen molar-refractivity contribution in [3.8, 4) is 11.1 Å². The molecule has 3 nitrogen and oxygen atoms in total. The molecule has 3 rings (SSSR count). The van der Waals surface area contributed by atoms with Crippen LogP contribution in [0.1, 0.15) is 30.1 Å². The molecule has 1 fully saturated rings. The van der Waals surface area contributed by atoms with Gasteiger partial charge in [-0.1, -0.05) is 48.5 Å². The summed E-state index contributed by atoms with van der Waals surface area (Å²) in [4.78, 5) is 15.0. The van der Waals surface area contributed by atoms with Crippen LogP contribution in [0.3, 0.4) is 0 Å². The SMILES string of the molecule is CC(N)C1CCCN(C(=O)c2ccccc2-c2ccccc2)C1. The number of likely N-dealkylation sites (tertiary alicyclic amines) is 1. The topological polar surface area (TPSA) is 46.3 Å². The minimum atomic E-state index is 0.120. The molecule has 0 bridgehead atoms. The van der Waals surface area contributed by atoms with Gasteiger partial charge >= 0.3 is 0 Å². The van der Waals surface area contributed by atoms with Crippen LogP contribution in [0.5, 0.6) is 0 Å². The fourth-order valence-corrected chi connectivity index (χ4v) is 3.33. The number of hydrogen-bond donors (Lipinski definition) is 1. The van der Waals surface area contributed by atoms with Crippen LogP contribution in [0.2, 0.25) is 0 Å². The van der Waals surface area contributed by atoms with Gasteiger partial charge in [0.05, 0.1) is 0 Å². The fourth-order valence-electron chi connectivity index (χ4n) is 3.33. The number of carbonyl (C=O) groups excluding carboxylic acids is 1. The first-order valence-electron chi connectivity index (χ1n) is 8.36. The van der Waals surface area contributed by atoms with Crippen molar-refractivity contribution in [1.82, 2.24) is 4.90 Å². The fraction of sp³-hybridized carbons (Fsp3) is 0.350. The Labute approximate surface area is 138 Å². The average Bonchev–Trinajstić information content (AvgIpc) is 2.62. The largest absolute Gasteiger partial charge is 0.338 e. The minimum absolute atomic E-state index is 0.120. The quantitative estimate of drug-likeness (QED) is 0.942. The predicted molar refractivity (Wildman–Crippen MR) is 94.2 cm³/mol. The van der Waals surface area contributed by atoms with Crippen molar-refractivity contribution in [2.24, 2.45) is 11.7 Å². The van der Waals surface area contributed by atoms with E-state index in [-0.39, 0.29) is 11.9 Å². The number of nitrogens with two attached hydrogens (primary N) is 1. The third-order valence-electron chi connectivity index (χ3n) is 4.73. The monoisotopic (exact) mass is 308 g/mol. The second-order valence-corrected chi connectivity index (χ2v) is 6.42. The molecule has 3 heteroatoms. The molecular weight excluding hydrogens is 284 g/mol. The summed E-state index contributed by atoms with van der Waals surface area (Å²) >= 11 is 0. The van der Waals surface area contributed by atoms with E-state index < -0.39 is 0 Å². The summed E-state index contributed by atoms with van der Waals surface area (Å²) in [6, 6.07) is 18.1. The third-order valence-corrected chi connectivity index (χ3v) is 4.73. The highest BCUT2D eigenvalue weighted by Crippen LogP contribution is 2.27. The Morgan fingerprint density at radius 1 is 1.13 bits per heavy atom. The van der Waals surface area contributed by atoms with Crippen molar-refractivity contribution in [3.63, 3.8) is 0 Å². The van der Waals surface area contributed by atoms with Crippen molar-refractivity contribution >= 4 is 5.91 Å². The van der Waals surface area contributed by atoms with Crippen LogP contribution >= 0.6 is 0 Å². The van der Waals surface area contributed by atoms with Gasteiger partial charge < -0.3 is 10.6 Å². The second kappa shape index (κ2) is 6.97. The highest BCUT2D eigenvalue weighted by atomic mass is 16.2.